The van der Waals surface area contributed by atoms with E-state index < -0.39 is 18.1 Å². The van der Waals surface area contributed by atoms with Gasteiger partial charge in [-0.3, -0.25) is 4.98 Å². The van der Waals surface area contributed by atoms with Crippen LogP contribution in [0, 0.1) is 0 Å². The van der Waals surface area contributed by atoms with E-state index in [9.17, 15) is 18.0 Å². The average molecular weight is 468 g/mol. The molecule has 1 aromatic carbocycles. The number of pyridine rings is 1. The lowest BCUT2D eigenvalue weighted by molar-refractivity contribution is -0.156. The van der Waals surface area contributed by atoms with Crippen molar-refractivity contribution < 1.29 is 27.1 Å². The zero-order valence-corrected chi connectivity index (χ0v) is 17.2. The Morgan fingerprint density at radius 3 is 2.41 bits per heavy atom. The summed E-state index contributed by atoms with van der Waals surface area (Å²) in [6.45, 7) is 1.83. The summed E-state index contributed by atoms with van der Waals surface area (Å²) in [5.74, 6) is -1.75. The molecule has 0 bridgehead atoms. The Morgan fingerprint density at radius 2 is 1.81 bits per heavy atom. The number of hydrogen-bond acceptors (Lipinski definition) is 6. The number of carbonyl (C=O) groups excluding carboxylic acids is 1. The molecule has 1 atom stereocenters. The number of nitrogens with one attached hydrogen (secondary N) is 1. The summed E-state index contributed by atoms with van der Waals surface area (Å²) in [5, 5.41) is 9.92. The largest absolute Gasteiger partial charge is 0.470 e. The normalized spacial score (nSPS) is 15.4. The number of ether oxygens (including phenoxy) is 1. The second-order valence-corrected chi connectivity index (χ2v) is 7.35. The van der Waals surface area contributed by atoms with E-state index in [1.165, 1.54) is 12.3 Å². The summed E-state index contributed by atoms with van der Waals surface area (Å²) in [6, 6.07) is 9.07. The number of alkyl halides is 3. The first-order valence-electron chi connectivity index (χ1n) is 9.57. The number of benzene rings is 1. The zero-order valence-electron chi connectivity index (χ0n) is 16.5. The molecule has 1 saturated heterocycles. The van der Waals surface area contributed by atoms with Gasteiger partial charge in [0.15, 0.2) is 0 Å². The zero-order chi connectivity index (χ0) is 22.7. The monoisotopic (exact) mass is 467 g/mol. The molecule has 2 amide bonds. The van der Waals surface area contributed by atoms with Crippen molar-refractivity contribution in [3.05, 3.63) is 64.8 Å². The van der Waals surface area contributed by atoms with Crippen LogP contribution in [0.4, 0.5) is 18.0 Å². The summed E-state index contributed by atoms with van der Waals surface area (Å²) in [6.07, 6.45) is -3.42. The third-order valence-electron chi connectivity index (χ3n) is 4.77. The lowest BCUT2D eigenvalue weighted by Gasteiger charge is -2.29. The van der Waals surface area contributed by atoms with E-state index in [4.69, 9.17) is 16.3 Å². The maximum Gasteiger partial charge on any atom is 0.470 e. The van der Waals surface area contributed by atoms with Gasteiger partial charge >= 0.3 is 18.1 Å². The maximum atomic E-state index is 12.8. The van der Waals surface area contributed by atoms with Crippen molar-refractivity contribution >= 4 is 17.6 Å². The molecule has 32 heavy (non-hydrogen) atoms. The van der Waals surface area contributed by atoms with Crippen LogP contribution in [0.25, 0.3) is 11.5 Å². The minimum absolute atomic E-state index is 0.214. The van der Waals surface area contributed by atoms with E-state index >= 15 is 0 Å². The molecular formula is C20H17ClF3N5O3. The van der Waals surface area contributed by atoms with E-state index in [2.05, 4.69) is 24.9 Å². The molecule has 1 fully saturated rings. The van der Waals surface area contributed by atoms with Gasteiger partial charge in [0.2, 0.25) is 5.89 Å². The van der Waals surface area contributed by atoms with Crippen LogP contribution in [0.15, 0.2) is 47.0 Å². The molecule has 1 N–H and O–H groups in total. The molecule has 3 heterocycles. The fourth-order valence-corrected chi connectivity index (χ4v) is 3.25. The predicted molar refractivity (Wildman–Crippen MR) is 107 cm³/mol. The number of carbonyl (C=O) groups is 1. The van der Waals surface area contributed by atoms with Crippen LogP contribution in [0.5, 0.6) is 0 Å². The molecule has 8 nitrogen and oxygen atoms in total. The van der Waals surface area contributed by atoms with Crippen LogP contribution in [0.2, 0.25) is 5.02 Å². The summed E-state index contributed by atoms with van der Waals surface area (Å²) in [4.78, 5) is 18.7. The third kappa shape index (κ3) is 5.00. The number of halogens is 4. The van der Waals surface area contributed by atoms with Gasteiger partial charge in [0.1, 0.15) is 0 Å². The average Bonchev–Trinajstić information content (AvgIpc) is 3.30. The quantitative estimate of drug-likeness (QED) is 0.625. The molecule has 0 spiro atoms. The number of nitrogens with zero attached hydrogens (tertiary/aromatic N) is 4. The van der Waals surface area contributed by atoms with Crippen molar-refractivity contribution in [2.75, 3.05) is 26.3 Å². The summed E-state index contributed by atoms with van der Waals surface area (Å²) >= 11 is 5.98. The lowest BCUT2D eigenvalue weighted by atomic mass is 10.0. The highest BCUT2D eigenvalue weighted by molar-refractivity contribution is 6.30. The predicted octanol–water partition coefficient (Wildman–Crippen LogP) is 3.94. The molecule has 1 aliphatic rings. The fraction of sp³-hybridized carbons (Fsp3) is 0.300. The molecule has 0 aliphatic carbocycles. The smallest absolute Gasteiger partial charge is 0.413 e. The first-order chi connectivity index (χ1) is 15.3. The number of hydrogen-bond donors (Lipinski definition) is 1. The maximum absolute atomic E-state index is 12.8. The molecule has 0 radical (unpaired) electrons. The topological polar surface area (TPSA) is 93.4 Å². The number of amides is 2. The van der Waals surface area contributed by atoms with Gasteiger partial charge < -0.3 is 19.4 Å². The Balaban J connectivity index is 1.59. The van der Waals surface area contributed by atoms with Gasteiger partial charge in [-0.25, -0.2) is 4.79 Å². The number of aromatic nitrogens is 3. The van der Waals surface area contributed by atoms with Gasteiger partial charge in [-0.2, -0.15) is 13.2 Å². The SMILES string of the molecule is O=C(NC(c1ccc(Cl)cc1)c1ccc(-c2nnc(C(F)(F)F)o2)cn1)N1CCOCC1. The van der Waals surface area contributed by atoms with Crippen LogP contribution in [-0.4, -0.2) is 52.4 Å². The van der Waals surface area contributed by atoms with Crippen LogP contribution in [0.3, 0.4) is 0 Å². The van der Waals surface area contributed by atoms with Crippen molar-refractivity contribution in [3.63, 3.8) is 0 Å². The van der Waals surface area contributed by atoms with Crippen molar-refractivity contribution in [1.82, 2.24) is 25.4 Å². The van der Waals surface area contributed by atoms with Gasteiger partial charge in [-0.15, -0.1) is 10.2 Å². The Labute approximate surface area is 185 Å². The summed E-state index contributed by atoms with van der Waals surface area (Å²) < 4.78 is 48.1. The van der Waals surface area contributed by atoms with Gasteiger partial charge in [0.05, 0.1) is 30.5 Å². The van der Waals surface area contributed by atoms with Gasteiger partial charge in [-0.05, 0) is 29.8 Å². The molecule has 168 valence electrons. The van der Waals surface area contributed by atoms with Gasteiger partial charge in [-0.1, -0.05) is 23.7 Å². The minimum atomic E-state index is -4.73. The molecule has 12 heteroatoms. The van der Waals surface area contributed by atoms with Gasteiger partial charge in [0, 0.05) is 24.3 Å². The molecule has 3 aromatic rings. The van der Waals surface area contributed by atoms with Crippen molar-refractivity contribution in [2.24, 2.45) is 0 Å². The van der Waals surface area contributed by atoms with Crippen molar-refractivity contribution in [2.45, 2.75) is 12.2 Å². The first-order valence-corrected chi connectivity index (χ1v) is 9.95. The Hall–Kier alpha value is -3.18. The van der Waals surface area contributed by atoms with Gasteiger partial charge in [0.25, 0.3) is 0 Å². The number of urea groups is 1. The summed E-state index contributed by atoms with van der Waals surface area (Å²) in [7, 11) is 0. The Bertz CT molecular complexity index is 1070. The lowest BCUT2D eigenvalue weighted by Crippen LogP contribution is -2.47. The van der Waals surface area contributed by atoms with Crippen LogP contribution >= 0.6 is 11.6 Å². The van der Waals surface area contributed by atoms with E-state index in [-0.39, 0.29) is 17.5 Å². The Morgan fingerprint density at radius 1 is 1.09 bits per heavy atom. The van der Waals surface area contributed by atoms with Crippen LogP contribution in [0.1, 0.15) is 23.2 Å². The minimum Gasteiger partial charge on any atom is -0.413 e. The molecular weight excluding hydrogens is 451 g/mol. The summed E-state index contributed by atoms with van der Waals surface area (Å²) in [5.41, 5.74) is 1.41. The first kappa shape index (κ1) is 22.0. The molecule has 0 saturated carbocycles. The van der Waals surface area contributed by atoms with E-state index in [1.54, 1.807) is 35.2 Å². The third-order valence-corrected chi connectivity index (χ3v) is 5.02. The number of rotatable bonds is 4. The second kappa shape index (κ2) is 9.13. The Kier molecular flexibility index (Phi) is 6.28. The number of morpholine rings is 1. The van der Waals surface area contributed by atoms with Crippen LogP contribution in [-0.2, 0) is 10.9 Å². The second-order valence-electron chi connectivity index (χ2n) is 6.92. The fourth-order valence-electron chi connectivity index (χ4n) is 3.12. The van der Waals surface area contributed by atoms with E-state index in [0.717, 1.165) is 5.56 Å². The highest BCUT2D eigenvalue weighted by atomic mass is 35.5. The van der Waals surface area contributed by atoms with E-state index in [1.807, 2.05) is 0 Å². The molecule has 4 rings (SSSR count). The van der Waals surface area contributed by atoms with Crippen molar-refractivity contribution in [3.8, 4) is 11.5 Å². The highest BCUT2D eigenvalue weighted by Gasteiger charge is 2.38. The molecule has 1 aliphatic heterocycles. The van der Waals surface area contributed by atoms with E-state index in [0.29, 0.717) is 37.0 Å². The highest BCUT2D eigenvalue weighted by Crippen LogP contribution is 2.30. The standard InChI is InChI=1S/C20H17ClF3N5O3/c21-14-4-1-12(2-5-14)16(26-19(30)29-7-9-31-10-8-29)15-6-3-13(11-25-15)17-27-28-18(32-17)20(22,23)24/h1-6,11,16H,7-10H2,(H,26,30). The molecule has 1 unspecified atom stereocenters. The van der Waals surface area contributed by atoms with Crippen molar-refractivity contribution in [1.29, 1.82) is 0 Å². The van der Waals surface area contributed by atoms with Crippen LogP contribution < -0.4 is 5.32 Å². The molecule has 2 aromatic heterocycles.